The van der Waals surface area contributed by atoms with Crippen molar-refractivity contribution < 1.29 is 27.4 Å². The highest BCUT2D eigenvalue weighted by Gasteiger charge is 2.31. The number of rotatable bonds is 3. The Balaban J connectivity index is 0.00000264. The zero-order valence-electron chi connectivity index (χ0n) is 11.3. The van der Waals surface area contributed by atoms with Crippen LogP contribution in [0.15, 0.2) is 36.4 Å². The third kappa shape index (κ3) is 4.89. The van der Waals surface area contributed by atoms with Gasteiger partial charge in [0.25, 0.3) is 0 Å². The summed E-state index contributed by atoms with van der Waals surface area (Å²) >= 11 is 5.66. The predicted molar refractivity (Wildman–Crippen MR) is 79.5 cm³/mol. The van der Waals surface area contributed by atoms with Crippen LogP contribution in [0.2, 0.25) is 5.02 Å². The summed E-state index contributed by atoms with van der Waals surface area (Å²) in [6, 6.07) is 5.67. The largest absolute Gasteiger partial charge is 0.573 e. The number of alkyl halides is 3. The number of phenols is 1. The van der Waals surface area contributed by atoms with Crippen molar-refractivity contribution in [1.29, 1.82) is 0 Å². The van der Waals surface area contributed by atoms with E-state index in [0.717, 1.165) is 24.3 Å². The quantitative estimate of drug-likeness (QED) is 0.778. The third-order valence-corrected chi connectivity index (χ3v) is 3.15. The van der Waals surface area contributed by atoms with Crippen LogP contribution in [0, 0.1) is 5.82 Å². The van der Waals surface area contributed by atoms with E-state index in [2.05, 4.69) is 4.74 Å². The molecule has 0 saturated heterocycles. The molecule has 9 heteroatoms. The average Bonchev–Trinajstić information content (AvgIpc) is 2.41. The molecule has 23 heavy (non-hydrogen) atoms. The van der Waals surface area contributed by atoms with Crippen LogP contribution in [0.4, 0.5) is 17.6 Å². The van der Waals surface area contributed by atoms with E-state index in [-0.39, 0.29) is 28.7 Å². The van der Waals surface area contributed by atoms with Crippen LogP contribution in [0.25, 0.3) is 0 Å². The Kier molecular flexibility index (Phi) is 6.10. The first-order valence-electron chi connectivity index (χ1n) is 5.96. The van der Waals surface area contributed by atoms with Gasteiger partial charge in [-0.3, -0.25) is 0 Å². The summed E-state index contributed by atoms with van der Waals surface area (Å²) in [5, 5.41) is 9.60. The van der Waals surface area contributed by atoms with Gasteiger partial charge < -0.3 is 15.6 Å². The minimum atomic E-state index is -4.79. The maximum atomic E-state index is 13.3. The van der Waals surface area contributed by atoms with Crippen molar-refractivity contribution in [3.63, 3.8) is 0 Å². The first-order valence-corrected chi connectivity index (χ1v) is 6.34. The highest BCUT2D eigenvalue weighted by molar-refractivity contribution is 6.32. The fraction of sp³-hybridized carbons (Fsp3) is 0.143. The Bertz CT molecular complexity index is 678. The lowest BCUT2D eigenvalue weighted by Crippen LogP contribution is -2.17. The molecule has 0 aromatic heterocycles. The van der Waals surface area contributed by atoms with Gasteiger partial charge in [0.2, 0.25) is 0 Å². The summed E-state index contributed by atoms with van der Waals surface area (Å²) in [6.07, 6.45) is -4.79. The minimum absolute atomic E-state index is 0. The maximum Gasteiger partial charge on any atom is 0.573 e. The van der Waals surface area contributed by atoms with Crippen LogP contribution in [0.5, 0.6) is 11.5 Å². The molecule has 0 aliphatic rings. The molecule has 1 atom stereocenters. The smallest absolute Gasteiger partial charge is 0.506 e. The minimum Gasteiger partial charge on any atom is -0.506 e. The van der Waals surface area contributed by atoms with Crippen molar-refractivity contribution in [3.8, 4) is 11.5 Å². The van der Waals surface area contributed by atoms with Gasteiger partial charge in [0.05, 0.1) is 11.1 Å². The molecule has 0 bridgehead atoms. The van der Waals surface area contributed by atoms with Crippen molar-refractivity contribution in [2.75, 3.05) is 0 Å². The normalized spacial score (nSPS) is 12.4. The molecule has 2 rings (SSSR count). The summed E-state index contributed by atoms with van der Waals surface area (Å²) < 4.78 is 53.3. The SMILES string of the molecule is Cl.N[C@@H](c1ccc(OC(F)(F)F)cc1)c1cc(F)cc(Cl)c1O. The Morgan fingerprint density at radius 3 is 2.22 bits per heavy atom. The highest BCUT2D eigenvalue weighted by atomic mass is 35.5. The molecule has 0 radical (unpaired) electrons. The molecule has 126 valence electrons. The van der Waals surface area contributed by atoms with E-state index in [1.807, 2.05) is 0 Å². The Hall–Kier alpha value is -1.70. The standard InChI is InChI=1S/C14H10ClF4NO2.ClH/c15-11-6-8(16)5-10(13(11)21)12(20)7-1-3-9(4-2-7)22-14(17,18)19;/h1-6,12,21H,20H2;1H/t12-;/m0./s1. The molecule has 0 aliphatic carbocycles. The van der Waals surface area contributed by atoms with Crippen molar-refractivity contribution in [2.24, 2.45) is 5.73 Å². The first-order chi connectivity index (χ1) is 10.2. The molecule has 0 aliphatic heterocycles. The summed E-state index contributed by atoms with van der Waals surface area (Å²) in [5.41, 5.74) is 6.26. The van der Waals surface area contributed by atoms with Crippen molar-refractivity contribution in [2.45, 2.75) is 12.4 Å². The molecule has 0 heterocycles. The summed E-state index contributed by atoms with van der Waals surface area (Å²) in [5.74, 6) is -1.48. The van der Waals surface area contributed by atoms with E-state index in [9.17, 15) is 22.7 Å². The number of benzene rings is 2. The lowest BCUT2D eigenvalue weighted by atomic mass is 9.98. The van der Waals surface area contributed by atoms with Crippen molar-refractivity contribution in [1.82, 2.24) is 0 Å². The van der Waals surface area contributed by atoms with Crippen molar-refractivity contribution in [3.05, 3.63) is 58.4 Å². The predicted octanol–water partition coefficient (Wildman–Crippen LogP) is 4.55. The van der Waals surface area contributed by atoms with Gasteiger partial charge in [-0.05, 0) is 29.8 Å². The van der Waals surface area contributed by atoms with Gasteiger partial charge in [0, 0.05) is 5.56 Å². The molecule has 2 aromatic rings. The molecule has 3 nitrogen and oxygen atoms in total. The summed E-state index contributed by atoms with van der Waals surface area (Å²) in [6.45, 7) is 0. The molecule has 0 saturated carbocycles. The number of aromatic hydroxyl groups is 1. The van der Waals surface area contributed by atoms with Gasteiger partial charge >= 0.3 is 6.36 Å². The number of hydrogen-bond donors (Lipinski definition) is 2. The number of nitrogens with two attached hydrogens (primary N) is 1. The molecular weight excluding hydrogens is 361 g/mol. The van der Waals surface area contributed by atoms with Gasteiger partial charge in [0.1, 0.15) is 17.3 Å². The topological polar surface area (TPSA) is 55.5 Å². The molecule has 0 unspecified atom stereocenters. The van der Waals surface area contributed by atoms with Crippen LogP contribution in [-0.2, 0) is 0 Å². The Morgan fingerprint density at radius 1 is 1.13 bits per heavy atom. The second-order valence-electron chi connectivity index (χ2n) is 4.42. The third-order valence-electron chi connectivity index (χ3n) is 2.87. The molecular formula is C14H11Cl2F4NO2. The molecule has 0 fully saturated rings. The number of ether oxygens (including phenoxy) is 1. The number of phenolic OH excluding ortho intramolecular Hbond substituents is 1. The van der Waals surface area contributed by atoms with Crippen LogP contribution >= 0.6 is 24.0 Å². The zero-order chi connectivity index (χ0) is 16.5. The fourth-order valence-electron chi connectivity index (χ4n) is 1.88. The van der Waals surface area contributed by atoms with Gasteiger partial charge in [-0.1, -0.05) is 23.7 Å². The van der Waals surface area contributed by atoms with Gasteiger partial charge in [-0.25, -0.2) is 4.39 Å². The van der Waals surface area contributed by atoms with Gasteiger partial charge in [0.15, 0.2) is 0 Å². The van der Waals surface area contributed by atoms with Gasteiger partial charge in [-0.2, -0.15) is 0 Å². The van der Waals surface area contributed by atoms with Crippen LogP contribution in [0.1, 0.15) is 17.2 Å². The van der Waals surface area contributed by atoms with Crippen molar-refractivity contribution >= 4 is 24.0 Å². The first kappa shape index (κ1) is 19.3. The average molecular weight is 372 g/mol. The summed E-state index contributed by atoms with van der Waals surface area (Å²) in [7, 11) is 0. The number of hydrogen-bond acceptors (Lipinski definition) is 3. The Labute approximate surface area is 140 Å². The summed E-state index contributed by atoms with van der Waals surface area (Å²) in [4.78, 5) is 0. The van der Waals surface area contributed by atoms with E-state index in [0.29, 0.717) is 5.56 Å². The van der Waals surface area contributed by atoms with Crippen LogP contribution < -0.4 is 10.5 Å². The number of halogens is 6. The second kappa shape index (κ2) is 7.25. The van der Waals surface area contributed by atoms with Gasteiger partial charge in [-0.15, -0.1) is 25.6 Å². The van der Waals surface area contributed by atoms with E-state index in [1.54, 1.807) is 0 Å². The molecule has 3 N–H and O–H groups in total. The second-order valence-corrected chi connectivity index (χ2v) is 4.83. The molecule has 0 amide bonds. The zero-order valence-corrected chi connectivity index (χ0v) is 12.8. The molecule has 0 spiro atoms. The molecule has 2 aromatic carbocycles. The van der Waals surface area contributed by atoms with Crippen LogP contribution in [0.3, 0.4) is 0 Å². The van der Waals surface area contributed by atoms with E-state index in [1.165, 1.54) is 12.1 Å². The van der Waals surface area contributed by atoms with E-state index >= 15 is 0 Å². The maximum absolute atomic E-state index is 13.3. The fourth-order valence-corrected chi connectivity index (χ4v) is 2.09. The monoisotopic (exact) mass is 371 g/mol. The lowest BCUT2D eigenvalue weighted by molar-refractivity contribution is -0.274. The Morgan fingerprint density at radius 2 is 1.70 bits per heavy atom. The lowest BCUT2D eigenvalue weighted by Gasteiger charge is -2.16. The van der Waals surface area contributed by atoms with Crippen LogP contribution in [-0.4, -0.2) is 11.5 Å². The van der Waals surface area contributed by atoms with E-state index < -0.39 is 24.0 Å². The van der Waals surface area contributed by atoms with E-state index in [4.69, 9.17) is 17.3 Å². The highest BCUT2D eigenvalue weighted by Crippen LogP contribution is 2.35.